The summed E-state index contributed by atoms with van der Waals surface area (Å²) < 4.78 is 2.29. The lowest BCUT2D eigenvalue weighted by Crippen LogP contribution is -2.28. The Morgan fingerprint density at radius 1 is 1.30 bits per heavy atom. The summed E-state index contributed by atoms with van der Waals surface area (Å²) >= 11 is 7.11. The molecule has 0 amide bonds. The maximum absolute atomic E-state index is 12.8. The van der Waals surface area contributed by atoms with Crippen LogP contribution in [-0.2, 0) is 19.4 Å². The number of aromatic nitrogens is 2. The minimum Gasteiger partial charge on any atom is -0.323 e. The molecule has 0 saturated carbocycles. The van der Waals surface area contributed by atoms with Crippen LogP contribution < -0.4 is 5.56 Å². The molecule has 20 heavy (non-hydrogen) atoms. The van der Waals surface area contributed by atoms with Crippen molar-refractivity contribution in [1.29, 1.82) is 0 Å². The van der Waals surface area contributed by atoms with Crippen LogP contribution in [0.15, 0.2) is 4.79 Å². The highest BCUT2D eigenvalue weighted by Gasteiger charge is 2.21. The number of aryl methyl sites for hydroxylation is 2. The van der Waals surface area contributed by atoms with Gasteiger partial charge in [0.2, 0.25) is 0 Å². The summed E-state index contributed by atoms with van der Waals surface area (Å²) in [5.41, 5.74) is 1.41. The predicted octanol–water partition coefficient (Wildman–Crippen LogP) is 4.05. The van der Waals surface area contributed by atoms with Crippen LogP contribution in [0.1, 0.15) is 44.1 Å². The van der Waals surface area contributed by atoms with Crippen molar-refractivity contribution in [1.82, 2.24) is 9.55 Å². The van der Waals surface area contributed by atoms with Crippen LogP contribution in [0.3, 0.4) is 0 Å². The Morgan fingerprint density at radius 2 is 2.00 bits per heavy atom. The van der Waals surface area contributed by atoms with E-state index < -0.39 is 0 Å². The van der Waals surface area contributed by atoms with Crippen LogP contribution in [0, 0.1) is 10.2 Å². The molecule has 3 nitrogen and oxygen atoms in total. The van der Waals surface area contributed by atoms with Gasteiger partial charge in [-0.2, -0.15) is 0 Å². The molecule has 0 aromatic carbocycles. The van der Waals surface area contributed by atoms with E-state index >= 15 is 0 Å². The minimum absolute atomic E-state index is 0.0367. The molecule has 0 unspecified atom stereocenters. The average molecular weight is 308 g/mol. The number of aromatic amines is 1. The van der Waals surface area contributed by atoms with E-state index in [0.717, 1.165) is 23.1 Å². The molecule has 1 aliphatic rings. The highest BCUT2D eigenvalue weighted by Crippen LogP contribution is 2.33. The molecule has 2 aromatic heterocycles. The first-order chi connectivity index (χ1) is 9.37. The van der Waals surface area contributed by atoms with Crippen LogP contribution in [0.5, 0.6) is 0 Å². The molecule has 2 aromatic rings. The number of nitrogens with zero attached hydrogens (tertiary/aromatic N) is 1. The van der Waals surface area contributed by atoms with Gasteiger partial charge in [0.1, 0.15) is 4.83 Å². The predicted molar refractivity (Wildman–Crippen MR) is 87.4 cm³/mol. The molecular formula is C15H20N2OS2. The van der Waals surface area contributed by atoms with Gasteiger partial charge < -0.3 is 4.98 Å². The second-order valence-corrected chi connectivity index (χ2v) is 8.29. The molecule has 0 aliphatic heterocycles. The standard InChI is InChI=1S/C15H20N2OS2/c1-15(2,3)8-17-13(18)11-9-6-4-5-7-10(9)20-12(11)16-14(17)19/h4-8H2,1-3H3,(H,16,19). The van der Waals surface area contributed by atoms with Gasteiger partial charge in [0.05, 0.1) is 5.39 Å². The van der Waals surface area contributed by atoms with Gasteiger partial charge in [0.25, 0.3) is 5.56 Å². The van der Waals surface area contributed by atoms with Crippen LogP contribution in [0.4, 0.5) is 0 Å². The van der Waals surface area contributed by atoms with Crippen molar-refractivity contribution in [3.8, 4) is 0 Å². The molecule has 0 spiro atoms. The molecule has 5 heteroatoms. The van der Waals surface area contributed by atoms with Crippen LogP contribution >= 0.6 is 23.6 Å². The van der Waals surface area contributed by atoms with Crippen LogP contribution in [0.2, 0.25) is 0 Å². The molecule has 1 aliphatic carbocycles. The molecule has 108 valence electrons. The van der Waals surface area contributed by atoms with Gasteiger partial charge >= 0.3 is 0 Å². The third kappa shape index (κ3) is 2.37. The summed E-state index contributed by atoms with van der Waals surface area (Å²) in [5, 5.41) is 0.891. The second-order valence-electron chi connectivity index (χ2n) is 6.80. The van der Waals surface area contributed by atoms with Crippen molar-refractivity contribution in [3.63, 3.8) is 0 Å². The van der Waals surface area contributed by atoms with Crippen molar-refractivity contribution in [2.45, 2.75) is 53.0 Å². The monoisotopic (exact) mass is 308 g/mol. The highest BCUT2D eigenvalue weighted by atomic mass is 32.1. The fourth-order valence-electron chi connectivity index (χ4n) is 2.89. The van der Waals surface area contributed by atoms with E-state index in [4.69, 9.17) is 12.2 Å². The lowest BCUT2D eigenvalue weighted by atomic mass is 9.96. The third-order valence-electron chi connectivity index (χ3n) is 3.73. The van der Waals surface area contributed by atoms with E-state index in [0.29, 0.717) is 11.3 Å². The van der Waals surface area contributed by atoms with Gasteiger partial charge in [0, 0.05) is 11.4 Å². The summed E-state index contributed by atoms with van der Waals surface area (Å²) in [6, 6.07) is 0. The van der Waals surface area contributed by atoms with Gasteiger partial charge in [-0.25, -0.2) is 0 Å². The fraction of sp³-hybridized carbons (Fsp3) is 0.600. The Hall–Kier alpha value is -0.940. The smallest absolute Gasteiger partial charge is 0.263 e. The van der Waals surface area contributed by atoms with E-state index in [1.807, 2.05) is 0 Å². The van der Waals surface area contributed by atoms with Crippen molar-refractivity contribution in [2.24, 2.45) is 5.41 Å². The molecular weight excluding hydrogens is 288 g/mol. The normalized spacial score (nSPS) is 15.6. The number of fused-ring (bicyclic) bond motifs is 3. The molecule has 0 atom stereocenters. The van der Waals surface area contributed by atoms with Crippen LogP contribution in [-0.4, -0.2) is 9.55 Å². The Kier molecular flexibility index (Phi) is 3.37. The lowest BCUT2D eigenvalue weighted by molar-refractivity contribution is 0.335. The summed E-state index contributed by atoms with van der Waals surface area (Å²) in [7, 11) is 0. The second kappa shape index (κ2) is 4.81. The van der Waals surface area contributed by atoms with Crippen molar-refractivity contribution in [3.05, 3.63) is 25.6 Å². The molecule has 1 N–H and O–H groups in total. The van der Waals surface area contributed by atoms with E-state index in [-0.39, 0.29) is 11.0 Å². The van der Waals surface area contributed by atoms with Gasteiger partial charge in [0.15, 0.2) is 4.77 Å². The van der Waals surface area contributed by atoms with E-state index in [1.165, 1.54) is 23.3 Å². The Bertz CT molecular complexity index is 774. The zero-order valence-electron chi connectivity index (χ0n) is 12.2. The SMILES string of the molecule is CC(C)(C)Cn1c(=S)[nH]c2sc3c(c2c1=O)CCCC3. The van der Waals surface area contributed by atoms with E-state index in [9.17, 15) is 4.79 Å². The largest absolute Gasteiger partial charge is 0.323 e. The number of thiophene rings is 1. The van der Waals surface area contributed by atoms with E-state index in [2.05, 4.69) is 25.8 Å². The number of hydrogen-bond acceptors (Lipinski definition) is 3. The number of rotatable bonds is 1. The highest BCUT2D eigenvalue weighted by molar-refractivity contribution is 7.71. The summed E-state index contributed by atoms with van der Waals surface area (Å²) in [4.78, 5) is 18.5. The van der Waals surface area contributed by atoms with Gasteiger partial charge in [-0.15, -0.1) is 11.3 Å². The lowest BCUT2D eigenvalue weighted by Gasteiger charge is -2.19. The summed E-state index contributed by atoms with van der Waals surface area (Å²) in [6.07, 6.45) is 4.56. The van der Waals surface area contributed by atoms with Gasteiger partial charge in [-0.3, -0.25) is 9.36 Å². The summed E-state index contributed by atoms with van der Waals surface area (Å²) in [6.45, 7) is 7.03. The van der Waals surface area contributed by atoms with E-state index in [1.54, 1.807) is 15.9 Å². The minimum atomic E-state index is 0.0367. The Labute approximate surface area is 127 Å². The zero-order valence-corrected chi connectivity index (χ0v) is 13.8. The Balaban J connectivity index is 2.28. The maximum Gasteiger partial charge on any atom is 0.263 e. The zero-order chi connectivity index (χ0) is 14.5. The number of hydrogen-bond donors (Lipinski definition) is 1. The molecule has 0 bridgehead atoms. The molecule has 0 fully saturated rings. The Morgan fingerprint density at radius 3 is 2.70 bits per heavy atom. The van der Waals surface area contributed by atoms with Crippen molar-refractivity contribution >= 4 is 33.8 Å². The van der Waals surface area contributed by atoms with Gasteiger partial charge in [-0.1, -0.05) is 20.8 Å². The van der Waals surface area contributed by atoms with Crippen molar-refractivity contribution < 1.29 is 0 Å². The first-order valence-electron chi connectivity index (χ1n) is 7.14. The molecule has 0 radical (unpaired) electrons. The maximum atomic E-state index is 12.8. The first-order valence-corrected chi connectivity index (χ1v) is 8.37. The van der Waals surface area contributed by atoms with Gasteiger partial charge in [-0.05, 0) is 48.9 Å². The van der Waals surface area contributed by atoms with Crippen molar-refractivity contribution in [2.75, 3.05) is 0 Å². The molecule has 2 heterocycles. The molecule has 0 saturated heterocycles. The number of H-pyrrole nitrogens is 1. The average Bonchev–Trinajstić information content (AvgIpc) is 2.71. The first kappa shape index (κ1) is 14.0. The molecule has 3 rings (SSSR count). The third-order valence-corrected chi connectivity index (χ3v) is 5.26. The topological polar surface area (TPSA) is 37.8 Å². The van der Waals surface area contributed by atoms with Crippen LogP contribution in [0.25, 0.3) is 10.2 Å². The number of nitrogens with one attached hydrogen (secondary N) is 1. The fourth-order valence-corrected chi connectivity index (χ4v) is 4.48. The summed E-state index contributed by atoms with van der Waals surface area (Å²) in [5.74, 6) is 0. The quantitative estimate of drug-likeness (QED) is 0.807.